The molecule has 94 valence electrons. The first kappa shape index (κ1) is 12.0. The van der Waals surface area contributed by atoms with Crippen molar-refractivity contribution in [2.75, 3.05) is 25.6 Å². The summed E-state index contributed by atoms with van der Waals surface area (Å²) in [6.07, 6.45) is 0. The van der Waals surface area contributed by atoms with Crippen molar-refractivity contribution in [3.05, 3.63) is 17.7 Å². The van der Waals surface area contributed by atoms with Gasteiger partial charge in [0.2, 0.25) is 6.79 Å². The molecule has 0 radical (unpaired) electrons. The largest absolute Gasteiger partial charge is 0.454 e. The minimum absolute atomic E-state index is 0.238. The van der Waals surface area contributed by atoms with Crippen LogP contribution in [0.2, 0.25) is 0 Å². The maximum absolute atomic E-state index is 6.08. The molecule has 4 heteroatoms. The second-order valence-corrected chi connectivity index (χ2v) is 4.20. The molecule has 0 bridgehead atoms. The van der Waals surface area contributed by atoms with Gasteiger partial charge in [-0.15, -0.1) is 0 Å². The monoisotopic (exact) mass is 236 g/mol. The van der Waals surface area contributed by atoms with Crippen LogP contribution in [0.4, 0.5) is 5.69 Å². The van der Waals surface area contributed by atoms with Gasteiger partial charge in [0.15, 0.2) is 11.5 Å². The molecule has 0 aromatic heterocycles. The Morgan fingerprint density at radius 1 is 1.29 bits per heavy atom. The van der Waals surface area contributed by atoms with Gasteiger partial charge in [-0.3, -0.25) is 4.90 Å². The highest BCUT2D eigenvalue weighted by atomic mass is 16.7. The zero-order chi connectivity index (χ0) is 12.4. The molecule has 1 aliphatic heterocycles. The second-order valence-electron chi connectivity index (χ2n) is 4.20. The maximum Gasteiger partial charge on any atom is 0.231 e. The Morgan fingerprint density at radius 2 is 2.00 bits per heavy atom. The van der Waals surface area contributed by atoms with Gasteiger partial charge in [-0.05, 0) is 32.1 Å². The summed E-state index contributed by atoms with van der Waals surface area (Å²) < 4.78 is 10.9. The third-order valence-corrected chi connectivity index (χ3v) is 3.39. The van der Waals surface area contributed by atoms with Crippen molar-refractivity contribution in [1.82, 2.24) is 4.90 Å². The molecule has 1 atom stereocenters. The molecule has 0 spiro atoms. The van der Waals surface area contributed by atoms with Gasteiger partial charge in [0.05, 0.1) is 0 Å². The first-order chi connectivity index (χ1) is 8.19. The van der Waals surface area contributed by atoms with Gasteiger partial charge >= 0.3 is 0 Å². The maximum atomic E-state index is 6.08. The number of fused-ring (bicyclic) bond motifs is 1. The van der Waals surface area contributed by atoms with Crippen LogP contribution in [0, 0.1) is 0 Å². The predicted octanol–water partition coefficient (Wildman–Crippen LogP) is 2.40. The first-order valence-corrected chi connectivity index (χ1v) is 6.11. The van der Waals surface area contributed by atoms with E-state index in [0.717, 1.165) is 35.8 Å². The van der Waals surface area contributed by atoms with E-state index < -0.39 is 0 Å². The lowest BCUT2D eigenvalue weighted by molar-refractivity contribution is 0.170. The van der Waals surface area contributed by atoms with Crippen LogP contribution in [-0.2, 0) is 0 Å². The summed E-state index contributed by atoms with van der Waals surface area (Å²) >= 11 is 0. The van der Waals surface area contributed by atoms with Crippen LogP contribution < -0.4 is 15.2 Å². The topological polar surface area (TPSA) is 47.7 Å². The van der Waals surface area contributed by atoms with Crippen LogP contribution in [0.3, 0.4) is 0 Å². The van der Waals surface area contributed by atoms with E-state index in [2.05, 4.69) is 25.7 Å². The number of nitrogens with zero attached hydrogens (tertiary/aromatic N) is 1. The normalized spacial score (nSPS) is 15.3. The standard InChI is InChI=1S/C13H20N2O2/c1-4-15(5-2)9(3)12-10(14)6-7-11-13(12)17-8-16-11/h6-7,9H,4-5,8,14H2,1-3H3. The van der Waals surface area contributed by atoms with E-state index in [-0.39, 0.29) is 12.8 Å². The van der Waals surface area contributed by atoms with Gasteiger partial charge in [0.25, 0.3) is 0 Å². The third kappa shape index (κ3) is 2.05. The van der Waals surface area contributed by atoms with Crippen LogP contribution in [0.1, 0.15) is 32.4 Å². The Morgan fingerprint density at radius 3 is 2.65 bits per heavy atom. The number of anilines is 1. The molecule has 0 aliphatic carbocycles. The lowest BCUT2D eigenvalue weighted by Crippen LogP contribution is -2.27. The molecule has 1 aromatic carbocycles. The van der Waals surface area contributed by atoms with Gasteiger partial charge in [0.1, 0.15) is 0 Å². The number of rotatable bonds is 4. The summed E-state index contributed by atoms with van der Waals surface area (Å²) in [5, 5.41) is 0. The average molecular weight is 236 g/mol. The average Bonchev–Trinajstić information content (AvgIpc) is 2.78. The number of nitrogens with two attached hydrogens (primary N) is 1. The van der Waals surface area contributed by atoms with Gasteiger partial charge in [-0.25, -0.2) is 0 Å². The van der Waals surface area contributed by atoms with E-state index in [1.807, 2.05) is 12.1 Å². The molecular weight excluding hydrogens is 216 g/mol. The molecular formula is C13H20N2O2. The van der Waals surface area contributed by atoms with Crippen molar-refractivity contribution in [1.29, 1.82) is 0 Å². The summed E-state index contributed by atoms with van der Waals surface area (Å²) in [4.78, 5) is 2.34. The number of hydrogen-bond donors (Lipinski definition) is 1. The summed E-state index contributed by atoms with van der Waals surface area (Å²) in [7, 11) is 0. The van der Waals surface area contributed by atoms with Crippen molar-refractivity contribution in [2.24, 2.45) is 0 Å². The van der Waals surface area contributed by atoms with Crippen molar-refractivity contribution in [3.8, 4) is 11.5 Å². The van der Waals surface area contributed by atoms with E-state index >= 15 is 0 Å². The molecule has 1 aromatic rings. The van der Waals surface area contributed by atoms with Crippen LogP contribution in [0.5, 0.6) is 11.5 Å². The van der Waals surface area contributed by atoms with E-state index in [0.29, 0.717) is 0 Å². The summed E-state index contributed by atoms with van der Waals surface area (Å²) in [5.41, 5.74) is 7.90. The quantitative estimate of drug-likeness (QED) is 0.815. The van der Waals surface area contributed by atoms with E-state index in [4.69, 9.17) is 15.2 Å². The highest BCUT2D eigenvalue weighted by Crippen LogP contribution is 2.43. The molecule has 1 aliphatic rings. The van der Waals surface area contributed by atoms with Crippen molar-refractivity contribution in [2.45, 2.75) is 26.8 Å². The molecule has 2 N–H and O–H groups in total. The van der Waals surface area contributed by atoms with Gasteiger partial charge in [-0.1, -0.05) is 13.8 Å². The second kappa shape index (κ2) is 4.84. The van der Waals surface area contributed by atoms with Crippen molar-refractivity contribution in [3.63, 3.8) is 0 Å². The fourth-order valence-corrected chi connectivity index (χ4v) is 2.39. The lowest BCUT2D eigenvalue weighted by Gasteiger charge is -2.28. The van der Waals surface area contributed by atoms with Crippen molar-refractivity contribution >= 4 is 5.69 Å². The summed E-state index contributed by atoms with van der Waals surface area (Å²) in [6, 6.07) is 4.00. The highest BCUT2D eigenvalue weighted by Gasteiger charge is 2.25. The Hall–Kier alpha value is -1.42. The molecule has 2 rings (SSSR count). The Labute approximate surface area is 102 Å². The number of benzene rings is 1. The SMILES string of the molecule is CCN(CC)C(C)c1c(N)ccc2c1OCO2. The third-order valence-electron chi connectivity index (χ3n) is 3.39. The molecule has 0 saturated heterocycles. The molecule has 1 heterocycles. The molecule has 0 fully saturated rings. The van der Waals surface area contributed by atoms with Crippen LogP contribution >= 0.6 is 0 Å². The first-order valence-electron chi connectivity index (χ1n) is 6.11. The minimum Gasteiger partial charge on any atom is -0.454 e. The van der Waals surface area contributed by atoms with Crippen LogP contribution in [0.15, 0.2) is 12.1 Å². The van der Waals surface area contributed by atoms with Gasteiger partial charge in [0, 0.05) is 17.3 Å². The van der Waals surface area contributed by atoms with E-state index in [1.54, 1.807) is 0 Å². The minimum atomic E-state index is 0.238. The molecule has 4 nitrogen and oxygen atoms in total. The Balaban J connectivity index is 2.40. The highest BCUT2D eigenvalue weighted by molar-refractivity contribution is 5.62. The molecule has 0 amide bonds. The summed E-state index contributed by atoms with van der Waals surface area (Å²) in [5.74, 6) is 1.61. The van der Waals surface area contributed by atoms with E-state index in [9.17, 15) is 0 Å². The fraction of sp³-hybridized carbons (Fsp3) is 0.538. The lowest BCUT2D eigenvalue weighted by atomic mass is 10.0. The number of nitrogen functional groups attached to an aromatic ring is 1. The Kier molecular flexibility index (Phi) is 3.43. The molecule has 0 saturated carbocycles. The summed E-state index contributed by atoms with van der Waals surface area (Å²) in [6.45, 7) is 8.72. The zero-order valence-corrected chi connectivity index (χ0v) is 10.7. The van der Waals surface area contributed by atoms with Crippen molar-refractivity contribution < 1.29 is 9.47 Å². The fourth-order valence-electron chi connectivity index (χ4n) is 2.39. The number of ether oxygens (including phenoxy) is 2. The van der Waals surface area contributed by atoms with Gasteiger partial charge < -0.3 is 15.2 Å². The Bertz CT molecular complexity index is 403. The molecule has 1 unspecified atom stereocenters. The zero-order valence-electron chi connectivity index (χ0n) is 10.7. The van der Waals surface area contributed by atoms with Crippen LogP contribution in [0.25, 0.3) is 0 Å². The van der Waals surface area contributed by atoms with Gasteiger partial charge in [-0.2, -0.15) is 0 Å². The van der Waals surface area contributed by atoms with E-state index in [1.165, 1.54) is 0 Å². The predicted molar refractivity (Wildman–Crippen MR) is 68.3 cm³/mol. The number of hydrogen-bond acceptors (Lipinski definition) is 4. The smallest absolute Gasteiger partial charge is 0.231 e. The molecule has 17 heavy (non-hydrogen) atoms. The van der Waals surface area contributed by atoms with Crippen LogP contribution in [-0.4, -0.2) is 24.8 Å².